The molecule has 1 aliphatic rings. The van der Waals surface area contributed by atoms with Crippen LogP contribution in [0.1, 0.15) is 18.1 Å². The molecule has 1 aliphatic heterocycles. The first-order valence-corrected chi connectivity index (χ1v) is 8.51. The lowest BCUT2D eigenvalue weighted by atomic mass is 9.88. The summed E-state index contributed by atoms with van der Waals surface area (Å²) in [5.74, 6) is -1.29. The van der Waals surface area contributed by atoms with Crippen LogP contribution >= 0.6 is 0 Å². The largest absolute Gasteiger partial charge is 0.336 e. The standard InChI is InChI=1S/C20H18FN3O4/c1-20(12-13-7-9-15(21)10-8-13)19(26)23(2)17(18(25)22-20)11-14-5-3-4-6-16(14)24(27)28/h3-11H,12H2,1-2H3,(H,22,25). The van der Waals surface area contributed by atoms with E-state index < -0.39 is 16.4 Å². The molecule has 7 nitrogen and oxygen atoms in total. The third-order valence-electron chi connectivity index (χ3n) is 4.66. The third kappa shape index (κ3) is 3.62. The minimum absolute atomic E-state index is 0.0101. The molecular weight excluding hydrogens is 365 g/mol. The van der Waals surface area contributed by atoms with Gasteiger partial charge in [-0.1, -0.05) is 24.3 Å². The van der Waals surface area contributed by atoms with Crippen molar-refractivity contribution in [1.82, 2.24) is 10.2 Å². The maximum atomic E-state index is 13.1. The van der Waals surface area contributed by atoms with E-state index in [0.29, 0.717) is 5.56 Å². The third-order valence-corrected chi connectivity index (χ3v) is 4.66. The molecule has 0 bridgehead atoms. The molecule has 0 aliphatic carbocycles. The zero-order valence-corrected chi connectivity index (χ0v) is 15.3. The Morgan fingerprint density at radius 2 is 1.82 bits per heavy atom. The van der Waals surface area contributed by atoms with Crippen molar-refractivity contribution in [1.29, 1.82) is 0 Å². The summed E-state index contributed by atoms with van der Waals surface area (Å²) >= 11 is 0. The summed E-state index contributed by atoms with van der Waals surface area (Å²) in [6.45, 7) is 1.59. The summed E-state index contributed by atoms with van der Waals surface area (Å²) in [5.41, 5.74) is -0.459. The van der Waals surface area contributed by atoms with Crippen LogP contribution in [0.5, 0.6) is 0 Å². The lowest BCUT2D eigenvalue weighted by Crippen LogP contribution is -2.64. The first-order valence-electron chi connectivity index (χ1n) is 8.51. The molecule has 1 unspecified atom stereocenters. The fourth-order valence-electron chi connectivity index (χ4n) is 3.22. The molecule has 2 aromatic rings. The van der Waals surface area contributed by atoms with E-state index in [0.717, 1.165) is 0 Å². The quantitative estimate of drug-likeness (QED) is 0.499. The van der Waals surface area contributed by atoms with Gasteiger partial charge in [0.25, 0.3) is 17.5 Å². The van der Waals surface area contributed by atoms with Crippen LogP contribution in [0.3, 0.4) is 0 Å². The van der Waals surface area contributed by atoms with E-state index in [2.05, 4.69) is 5.32 Å². The van der Waals surface area contributed by atoms with Crippen LogP contribution < -0.4 is 5.32 Å². The second-order valence-corrected chi connectivity index (χ2v) is 6.80. The van der Waals surface area contributed by atoms with Crippen molar-refractivity contribution in [3.05, 3.63) is 81.3 Å². The molecule has 0 spiro atoms. The highest BCUT2D eigenvalue weighted by Crippen LogP contribution is 2.27. The second-order valence-electron chi connectivity index (χ2n) is 6.80. The van der Waals surface area contributed by atoms with Crippen molar-refractivity contribution in [3.63, 3.8) is 0 Å². The number of hydrogen-bond donors (Lipinski definition) is 1. The van der Waals surface area contributed by atoms with Crippen molar-refractivity contribution in [2.45, 2.75) is 18.9 Å². The highest BCUT2D eigenvalue weighted by molar-refractivity contribution is 6.09. The predicted molar refractivity (Wildman–Crippen MR) is 100 cm³/mol. The van der Waals surface area contributed by atoms with Gasteiger partial charge in [-0.25, -0.2) is 4.39 Å². The molecular formula is C20H18FN3O4. The Morgan fingerprint density at radius 1 is 1.18 bits per heavy atom. The van der Waals surface area contributed by atoms with Crippen LogP contribution in [0.4, 0.5) is 10.1 Å². The van der Waals surface area contributed by atoms with Gasteiger partial charge in [0.05, 0.1) is 10.5 Å². The molecule has 3 rings (SSSR count). The number of para-hydroxylation sites is 1. The van der Waals surface area contributed by atoms with Gasteiger partial charge in [0, 0.05) is 19.5 Å². The van der Waals surface area contributed by atoms with Gasteiger partial charge in [-0.05, 0) is 36.8 Å². The minimum Gasteiger partial charge on any atom is -0.336 e. The minimum atomic E-state index is -1.22. The Balaban J connectivity index is 1.92. The SMILES string of the molecule is CN1C(=O)C(C)(Cc2ccc(F)cc2)NC(=O)C1=Cc1ccccc1[N+](=O)[O-]. The molecule has 1 saturated heterocycles. The van der Waals surface area contributed by atoms with Crippen LogP contribution in [0.15, 0.2) is 54.2 Å². The first-order chi connectivity index (χ1) is 13.2. The van der Waals surface area contributed by atoms with E-state index in [1.165, 1.54) is 48.4 Å². The molecule has 0 aromatic heterocycles. The number of piperazine rings is 1. The molecule has 1 fully saturated rings. The number of likely N-dealkylation sites (N-methyl/N-ethyl adjacent to an activating group) is 1. The van der Waals surface area contributed by atoms with E-state index in [9.17, 15) is 24.1 Å². The number of benzene rings is 2. The number of nitrogens with zero attached hydrogens (tertiary/aromatic N) is 2. The molecule has 1 heterocycles. The number of carbonyl (C=O) groups excluding carboxylic acids is 2. The summed E-state index contributed by atoms with van der Waals surface area (Å²) in [6.07, 6.45) is 1.50. The molecule has 2 aromatic carbocycles. The normalized spacial score (nSPS) is 21.0. The summed E-state index contributed by atoms with van der Waals surface area (Å²) in [6, 6.07) is 11.7. The van der Waals surface area contributed by atoms with Crippen molar-refractivity contribution in [3.8, 4) is 0 Å². The van der Waals surface area contributed by atoms with E-state index in [1.807, 2.05) is 0 Å². The predicted octanol–water partition coefficient (Wildman–Crippen LogP) is 2.66. The van der Waals surface area contributed by atoms with E-state index in [-0.39, 0.29) is 35.1 Å². The summed E-state index contributed by atoms with van der Waals surface area (Å²) < 4.78 is 13.1. The maximum absolute atomic E-state index is 13.1. The number of nitrogens with one attached hydrogen (secondary N) is 1. The number of nitro groups is 1. The average molecular weight is 383 g/mol. The Hall–Kier alpha value is -3.55. The Kier molecular flexibility index (Phi) is 4.96. The molecule has 0 radical (unpaired) electrons. The van der Waals surface area contributed by atoms with Crippen LogP contribution in [-0.4, -0.2) is 34.2 Å². The van der Waals surface area contributed by atoms with Crippen molar-refractivity contribution in [2.24, 2.45) is 0 Å². The topological polar surface area (TPSA) is 92.6 Å². The Morgan fingerprint density at radius 3 is 2.46 bits per heavy atom. The van der Waals surface area contributed by atoms with Gasteiger partial charge in [-0.3, -0.25) is 19.7 Å². The number of hydrogen-bond acceptors (Lipinski definition) is 4. The van der Waals surface area contributed by atoms with Gasteiger partial charge in [-0.15, -0.1) is 0 Å². The Bertz CT molecular complexity index is 987. The smallest absolute Gasteiger partial charge is 0.276 e. The van der Waals surface area contributed by atoms with Crippen LogP contribution in [0, 0.1) is 15.9 Å². The maximum Gasteiger partial charge on any atom is 0.276 e. The van der Waals surface area contributed by atoms with Crippen LogP contribution in [0.25, 0.3) is 6.08 Å². The second kappa shape index (κ2) is 7.22. The number of nitro benzene ring substituents is 1. The average Bonchev–Trinajstić information content (AvgIpc) is 2.65. The molecule has 2 amide bonds. The molecule has 8 heteroatoms. The van der Waals surface area contributed by atoms with E-state index in [4.69, 9.17) is 0 Å². The summed E-state index contributed by atoms with van der Waals surface area (Å²) in [7, 11) is 1.45. The van der Waals surface area contributed by atoms with Crippen LogP contribution in [0.2, 0.25) is 0 Å². The van der Waals surface area contributed by atoms with Crippen molar-refractivity contribution in [2.75, 3.05) is 7.05 Å². The number of rotatable bonds is 4. The van der Waals surface area contributed by atoms with Crippen molar-refractivity contribution >= 4 is 23.6 Å². The van der Waals surface area contributed by atoms with E-state index >= 15 is 0 Å². The number of carbonyl (C=O) groups is 2. The fourth-order valence-corrected chi connectivity index (χ4v) is 3.22. The molecule has 1 N–H and O–H groups in total. The van der Waals surface area contributed by atoms with Crippen molar-refractivity contribution < 1.29 is 18.9 Å². The zero-order valence-electron chi connectivity index (χ0n) is 15.3. The van der Waals surface area contributed by atoms with Gasteiger partial charge in [0.15, 0.2) is 0 Å². The highest BCUT2D eigenvalue weighted by Gasteiger charge is 2.44. The molecule has 1 atom stereocenters. The number of amides is 2. The first kappa shape index (κ1) is 19.2. The highest BCUT2D eigenvalue weighted by atomic mass is 19.1. The summed E-state index contributed by atoms with van der Waals surface area (Å²) in [5, 5.41) is 13.9. The van der Waals surface area contributed by atoms with Gasteiger partial charge < -0.3 is 10.2 Å². The van der Waals surface area contributed by atoms with Gasteiger partial charge in [0.2, 0.25) is 0 Å². The Labute approximate surface area is 160 Å². The summed E-state index contributed by atoms with van der Waals surface area (Å²) in [4.78, 5) is 37.5. The fraction of sp³-hybridized carbons (Fsp3) is 0.200. The van der Waals surface area contributed by atoms with E-state index in [1.54, 1.807) is 25.1 Å². The van der Waals surface area contributed by atoms with Crippen LogP contribution in [-0.2, 0) is 16.0 Å². The lowest BCUT2D eigenvalue weighted by molar-refractivity contribution is -0.385. The monoisotopic (exact) mass is 383 g/mol. The van der Waals surface area contributed by atoms with Gasteiger partial charge in [0.1, 0.15) is 17.1 Å². The van der Waals surface area contributed by atoms with Gasteiger partial charge in [-0.2, -0.15) is 0 Å². The molecule has 28 heavy (non-hydrogen) atoms. The number of halogens is 1. The zero-order chi connectivity index (χ0) is 20.5. The van der Waals surface area contributed by atoms with Gasteiger partial charge >= 0.3 is 0 Å². The molecule has 0 saturated carbocycles. The molecule has 144 valence electrons. The lowest BCUT2D eigenvalue weighted by Gasteiger charge is -2.39.